The number of aromatic nitrogens is 3. The fourth-order valence-electron chi connectivity index (χ4n) is 4.14. The summed E-state index contributed by atoms with van der Waals surface area (Å²) < 4.78 is 1.61. The highest BCUT2D eigenvalue weighted by atomic mass is 16.3. The van der Waals surface area contributed by atoms with Crippen LogP contribution in [0.3, 0.4) is 0 Å². The smallest absolute Gasteiger partial charge is 0.211 e. The first-order chi connectivity index (χ1) is 15.7. The predicted molar refractivity (Wildman–Crippen MR) is 125 cm³/mol. The fourth-order valence-corrected chi connectivity index (χ4v) is 4.14. The van der Waals surface area contributed by atoms with Gasteiger partial charge in [0.15, 0.2) is 5.65 Å². The molecule has 152 valence electrons. The Bertz CT molecular complexity index is 1650. The molecule has 0 unspecified atom stereocenters. The number of hydrogen-bond donors (Lipinski definition) is 1. The van der Waals surface area contributed by atoms with E-state index in [-0.39, 0.29) is 17.2 Å². The molecule has 32 heavy (non-hydrogen) atoms. The van der Waals surface area contributed by atoms with Crippen LogP contribution in [0.4, 0.5) is 0 Å². The number of rotatable bonds is 3. The van der Waals surface area contributed by atoms with Crippen LogP contribution in [0.25, 0.3) is 38.7 Å². The van der Waals surface area contributed by atoms with Crippen LogP contribution in [0.15, 0.2) is 97.1 Å². The highest BCUT2D eigenvalue weighted by molar-refractivity contribution is 6.18. The molecule has 0 fully saturated rings. The Morgan fingerprint density at radius 3 is 2.16 bits per heavy atom. The maximum atomic E-state index is 13.4. The Balaban J connectivity index is 1.70. The molecule has 0 saturated carbocycles. The summed E-state index contributed by atoms with van der Waals surface area (Å²) in [6.45, 7) is 0. The Morgan fingerprint density at radius 1 is 0.719 bits per heavy atom. The first-order valence-electron chi connectivity index (χ1n) is 10.3. The molecule has 0 amide bonds. The Kier molecular flexibility index (Phi) is 4.01. The highest BCUT2D eigenvalue weighted by Crippen LogP contribution is 2.35. The van der Waals surface area contributed by atoms with Gasteiger partial charge in [-0.2, -0.15) is 0 Å². The van der Waals surface area contributed by atoms with E-state index in [0.717, 1.165) is 10.8 Å². The summed E-state index contributed by atoms with van der Waals surface area (Å²) in [6, 6.07) is 30.3. The second kappa shape index (κ2) is 7.03. The van der Waals surface area contributed by atoms with Gasteiger partial charge in [0, 0.05) is 5.56 Å². The summed E-state index contributed by atoms with van der Waals surface area (Å²) in [6.07, 6.45) is 0. The lowest BCUT2D eigenvalue weighted by molar-refractivity contribution is 0.103. The molecule has 0 aliphatic carbocycles. The summed E-state index contributed by atoms with van der Waals surface area (Å²) in [5.74, 6) is -0.461. The number of nitrogens with zero attached hydrogens (tertiary/aromatic N) is 3. The molecule has 0 saturated heterocycles. The van der Waals surface area contributed by atoms with Crippen molar-refractivity contribution in [2.75, 3.05) is 0 Å². The van der Waals surface area contributed by atoms with Crippen molar-refractivity contribution in [3.8, 4) is 11.6 Å². The Hall–Kier alpha value is -4.51. The van der Waals surface area contributed by atoms with Gasteiger partial charge in [-0.25, -0.2) is 9.97 Å². The van der Waals surface area contributed by atoms with Crippen LogP contribution in [0.1, 0.15) is 15.9 Å². The van der Waals surface area contributed by atoms with Crippen LogP contribution in [-0.2, 0) is 0 Å². The van der Waals surface area contributed by atoms with Gasteiger partial charge in [-0.1, -0.05) is 72.8 Å². The van der Waals surface area contributed by atoms with E-state index in [1.54, 1.807) is 28.8 Å². The number of fused-ring (bicyclic) bond motifs is 3. The number of para-hydroxylation sites is 2. The van der Waals surface area contributed by atoms with Gasteiger partial charge < -0.3 is 5.11 Å². The SMILES string of the molecule is O=C(c1ccccc1)c1c(O)n(-c2ccc3ccccc3c2)c2nc3ccccc3nc12. The zero-order valence-corrected chi connectivity index (χ0v) is 16.9. The summed E-state index contributed by atoms with van der Waals surface area (Å²) in [7, 11) is 0. The summed E-state index contributed by atoms with van der Waals surface area (Å²) in [4.78, 5) is 22.9. The van der Waals surface area contributed by atoms with E-state index in [1.807, 2.05) is 72.8 Å². The molecule has 0 radical (unpaired) electrons. The van der Waals surface area contributed by atoms with Crippen molar-refractivity contribution in [3.63, 3.8) is 0 Å². The number of carbonyl (C=O) groups is 1. The average Bonchev–Trinajstić information content (AvgIpc) is 3.13. The minimum atomic E-state index is -0.294. The van der Waals surface area contributed by atoms with E-state index < -0.39 is 0 Å². The largest absolute Gasteiger partial charge is 0.494 e. The summed E-state index contributed by atoms with van der Waals surface area (Å²) >= 11 is 0. The van der Waals surface area contributed by atoms with Crippen LogP contribution in [0.5, 0.6) is 5.88 Å². The van der Waals surface area contributed by atoms with Crippen molar-refractivity contribution < 1.29 is 9.90 Å². The second-order valence-corrected chi connectivity index (χ2v) is 7.65. The molecule has 5 heteroatoms. The van der Waals surface area contributed by atoms with Gasteiger partial charge in [-0.05, 0) is 35.0 Å². The molecule has 0 spiro atoms. The molecule has 6 aromatic rings. The van der Waals surface area contributed by atoms with E-state index in [2.05, 4.69) is 0 Å². The second-order valence-electron chi connectivity index (χ2n) is 7.65. The fraction of sp³-hybridized carbons (Fsp3) is 0. The molecular weight excluding hydrogens is 398 g/mol. The third kappa shape index (κ3) is 2.76. The van der Waals surface area contributed by atoms with Crippen LogP contribution in [0, 0.1) is 0 Å². The Morgan fingerprint density at radius 2 is 1.38 bits per heavy atom. The normalized spacial score (nSPS) is 11.4. The Labute approximate surface area is 183 Å². The lowest BCUT2D eigenvalue weighted by Gasteiger charge is -2.08. The standard InChI is InChI=1S/C27H17N3O2/c31-25(18-9-2-1-3-10-18)23-24-26(29-22-13-7-6-12-21(22)28-24)30(27(23)32)20-15-14-17-8-4-5-11-19(17)16-20/h1-16,32H. The highest BCUT2D eigenvalue weighted by Gasteiger charge is 2.27. The molecule has 2 aromatic heterocycles. The van der Waals surface area contributed by atoms with Gasteiger partial charge in [0.2, 0.25) is 11.7 Å². The van der Waals surface area contributed by atoms with Gasteiger partial charge in [0.25, 0.3) is 0 Å². The first kappa shape index (κ1) is 18.3. The zero-order valence-electron chi connectivity index (χ0n) is 16.9. The molecule has 1 N–H and O–H groups in total. The minimum absolute atomic E-state index is 0.151. The van der Waals surface area contributed by atoms with Crippen molar-refractivity contribution in [2.24, 2.45) is 0 Å². The van der Waals surface area contributed by atoms with Gasteiger partial charge in [-0.15, -0.1) is 0 Å². The van der Waals surface area contributed by atoms with Gasteiger partial charge in [0.1, 0.15) is 11.1 Å². The molecule has 0 atom stereocenters. The molecule has 0 bridgehead atoms. The van der Waals surface area contributed by atoms with E-state index >= 15 is 0 Å². The quantitative estimate of drug-likeness (QED) is 0.379. The number of benzene rings is 4. The first-order valence-corrected chi connectivity index (χ1v) is 10.3. The summed E-state index contributed by atoms with van der Waals surface area (Å²) in [5.41, 5.74) is 3.52. The van der Waals surface area contributed by atoms with Crippen LogP contribution in [0.2, 0.25) is 0 Å². The van der Waals surface area contributed by atoms with Crippen LogP contribution in [-0.4, -0.2) is 25.4 Å². The maximum absolute atomic E-state index is 13.4. The topological polar surface area (TPSA) is 68.0 Å². The van der Waals surface area contributed by atoms with Gasteiger partial charge in [-0.3, -0.25) is 9.36 Å². The van der Waals surface area contributed by atoms with Crippen molar-refractivity contribution in [1.29, 1.82) is 0 Å². The van der Waals surface area contributed by atoms with Crippen molar-refractivity contribution in [2.45, 2.75) is 0 Å². The van der Waals surface area contributed by atoms with Crippen LogP contribution >= 0.6 is 0 Å². The van der Waals surface area contributed by atoms with E-state index in [1.165, 1.54) is 0 Å². The van der Waals surface area contributed by atoms with Gasteiger partial charge >= 0.3 is 0 Å². The van der Waals surface area contributed by atoms with Gasteiger partial charge in [0.05, 0.1) is 16.7 Å². The summed E-state index contributed by atoms with van der Waals surface area (Å²) in [5, 5.41) is 13.5. The lowest BCUT2D eigenvalue weighted by Crippen LogP contribution is -2.02. The number of carbonyl (C=O) groups excluding carboxylic acids is 1. The molecule has 5 nitrogen and oxygen atoms in total. The van der Waals surface area contributed by atoms with E-state index in [0.29, 0.717) is 33.4 Å². The third-order valence-electron chi connectivity index (χ3n) is 5.69. The molecule has 2 heterocycles. The molecule has 6 rings (SSSR count). The van der Waals surface area contributed by atoms with E-state index in [4.69, 9.17) is 9.97 Å². The minimum Gasteiger partial charge on any atom is -0.494 e. The number of ketones is 1. The number of aromatic hydroxyl groups is 1. The van der Waals surface area contributed by atoms with Crippen molar-refractivity contribution >= 4 is 38.8 Å². The molecular formula is C27H17N3O2. The lowest BCUT2D eigenvalue weighted by atomic mass is 10.0. The van der Waals surface area contributed by atoms with E-state index in [9.17, 15) is 9.90 Å². The van der Waals surface area contributed by atoms with Crippen molar-refractivity contribution in [3.05, 3.63) is 108 Å². The predicted octanol–water partition coefficient (Wildman–Crippen LogP) is 5.66. The maximum Gasteiger partial charge on any atom is 0.211 e. The molecule has 0 aliphatic rings. The zero-order chi connectivity index (χ0) is 21.7. The third-order valence-corrected chi connectivity index (χ3v) is 5.69. The molecule has 4 aromatic carbocycles. The van der Waals surface area contributed by atoms with Crippen LogP contribution < -0.4 is 0 Å². The molecule has 0 aliphatic heterocycles. The van der Waals surface area contributed by atoms with Crippen molar-refractivity contribution in [1.82, 2.24) is 14.5 Å². The number of hydrogen-bond acceptors (Lipinski definition) is 4. The monoisotopic (exact) mass is 415 g/mol. The average molecular weight is 415 g/mol.